The fraction of sp³-hybridized carbons (Fsp3) is 0.176. The summed E-state index contributed by atoms with van der Waals surface area (Å²) in [6.45, 7) is 2.57. The first-order valence-corrected chi connectivity index (χ1v) is 9.00. The van der Waals surface area contributed by atoms with Gasteiger partial charge in [-0.15, -0.1) is 10.2 Å². The molecule has 0 fully saturated rings. The van der Waals surface area contributed by atoms with Crippen LogP contribution in [0.5, 0.6) is 5.75 Å². The van der Waals surface area contributed by atoms with E-state index < -0.39 is 0 Å². The van der Waals surface area contributed by atoms with Gasteiger partial charge in [0.15, 0.2) is 5.16 Å². The zero-order valence-corrected chi connectivity index (χ0v) is 15.0. The number of benzene rings is 2. The van der Waals surface area contributed by atoms with Crippen LogP contribution in [0.3, 0.4) is 0 Å². The zero-order valence-electron chi connectivity index (χ0n) is 12.6. The lowest BCUT2D eigenvalue weighted by Crippen LogP contribution is -2.03. The van der Waals surface area contributed by atoms with Gasteiger partial charge in [-0.3, -0.25) is 4.57 Å². The second-order valence-electron chi connectivity index (χ2n) is 4.86. The fourth-order valence-electron chi connectivity index (χ4n) is 2.16. The van der Waals surface area contributed by atoms with Crippen LogP contribution in [0.4, 0.5) is 0 Å². The molecule has 118 valence electrons. The molecule has 4 nitrogen and oxygen atoms in total. The average Bonchev–Trinajstić information content (AvgIpc) is 2.93. The smallest absolute Gasteiger partial charge is 0.195 e. The van der Waals surface area contributed by atoms with Crippen molar-refractivity contribution in [1.82, 2.24) is 14.8 Å². The van der Waals surface area contributed by atoms with Crippen LogP contribution in [-0.2, 0) is 0 Å². The minimum atomic E-state index is 0.613. The largest absolute Gasteiger partial charge is 0.493 e. The average molecular weight is 390 g/mol. The minimum absolute atomic E-state index is 0.613. The maximum atomic E-state index is 5.75. The number of ether oxygens (including phenoxy) is 1. The highest BCUT2D eigenvalue weighted by Gasteiger charge is 2.10. The van der Waals surface area contributed by atoms with Crippen molar-refractivity contribution < 1.29 is 4.74 Å². The normalized spacial score (nSPS) is 10.7. The van der Waals surface area contributed by atoms with E-state index in [0.29, 0.717) is 6.61 Å². The Hall–Kier alpha value is -1.79. The number of para-hydroxylation sites is 1. The van der Waals surface area contributed by atoms with Crippen LogP contribution in [0, 0.1) is 6.92 Å². The molecular weight excluding hydrogens is 374 g/mol. The van der Waals surface area contributed by atoms with Gasteiger partial charge in [0.05, 0.1) is 6.61 Å². The van der Waals surface area contributed by atoms with Crippen molar-refractivity contribution in [2.75, 3.05) is 12.4 Å². The Morgan fingerprint density at radius 1 is 1.09 bits per heavy atom. The molecular formula is C17H16BrN3OS. The maximum absolute atomic E-state index is 5.75. The van der Waals surface area contributed by atoms with E-state index in [-0.39, 0.29) is 0 Å². The van der Waals surface area contributed by atoms with Crippen molar-refractivity contribution in [2.24, 2.45) is 0 Å². The lowest BCUT2D eigenvalue weighted by atomic mass is 10.3. The zero-order chi connectivity index (χ0) is 16.1. The number of thioether (sulfide) groups is 1. The molecule has 0 saturated carbocycles. The lowest BCUT2D eigenvalue weighted by molar-refractivity contribution is 0.343. The third kappa shape index (κ3) is 4.14. The quantitative estimate of drug-likeness (QED) is 0.459. The summed E-state index contributed by atoms with van der Waals surface area (Å²) in [5, 5.41) is 9.33. The molecule has 23 heavy (non-hydrogen) atoms. The molecule has 0 unspecified atom stereocenters. The molecule has 3 aromatic rings. The van der Waals surface area contributed by atoms with Gasteiger partial charge in [0.1, 0.15) is 11.6 Å². The molecule has 0 amide bonds. The standard InChI is InChI=1S/C17H16BrN3OS/c1-13-19-20-17(21(13)15-7-3-2-4-8-15)23-11-10-22-16-9-5-6-14(18)12-16/h2-9,12H,10-11H2,1H3. The Morgan fingerprint density at radius 3 is 2.70 bits per heavy atom. The van der Waals surface area contributed by atoms with E-state index >= 15 is 0 Å². The highest BCUT2D eigenvalue weighted by molar-refractivity contribution is 9.10. The molecule has 0 saturated heterocycles. The number of halogens is 1. The predicted octanol–water partition coefficient (Wildman–Crippen LogP) is 4.51. The Balaban J connectivity index is 1.61. The fourth-order valence-corrected chi connectivity index (χ4v) is 3.35. The number of rotatable bonds is 6. The van der Waals surface area contributed by atoms with Crippen LogP contribution in [0.2, 0.25) is 0 Å². The predicted molar refractivity (Wildman–Crippen MR) is 96.5 cm³/mol. The molecule has 0 aliphatic carbocycles. The first-order chi connectivity index (χ1) is 11.2. The Morgan fingerprint density at radius 2 is 1.91 bits per heavy atom. The molecule has 2 aromatic carbocycles. The molecule has 0 aliphatic rings. The van der Waals surface area contributed by atoms with E-state index in [2.05, 4.69) is 42.8 Å². The van der Waals surface area contributed by atoms with Crippen molar-refractivity contribution in [1.29, 1.82) is 0 Å². The first kappa shape index (κ1) is 16.1. The molecule has 3 rings (SSSR count). The molecule has 0 N–H and O–H groups in total. The summed E-state index contributed by atoms with van der Waals surface area (Å²) < 4.78 is 8.83. The summed E-state index contributed by atoms with van der Waals surface area (Å²) >= 11 is 5.08. The van der Waals surface area contributed by atoms with Crippen LogP contribution in [0.1, 0.15) is 5.82 Å². The molecule has 0 bridgehead atoms. The summed E-state index contributed by atoms with van der Waals surface area (Å²) in [5.74, 6) is 2.55. The van der Waals surface area contributed by atoms with E-state index in [9.17, 15) is 0 Å². The van der Waals surface area contributed by atoms with Gasteiger partial charge in [-0.25, -0.2) is 0 Å². The third-order valence-electron chi connectivity index (χ3n) is 3.19. The Labute approximate surface area is 148 Å². The summed E-state index contributed by atoms with van der Waals surface area (Å²) in [4.78, 5) is 0. The van der Waals surface area contributed by atoms with E-state index in [4.69, 9.17) is 4.74 Å². The number of aryl methyl sites for hydroxylation is 1. The Kier molecular flexibility index (Phi) is 5.35. The monoisotopic (exact) mass is 389 g/mol. The van der Waals surface area contributed by atoms with Crippen LogP contribution in [0.25, 0.3) is 5.69 Å². The summed E-state index contributed by atoms with van der Waals surface area (Å²) in [7, 11) is 0. The van der Waals surface area contributed by atoms with Crippen LogP contribution >= 0.6 is 27.7 Å². The van der Waals surface area contributed by atoms with E-state index in [1.165, 1.54) is 0 Å². The number of hydrogen-bond donors (Lipinski definition) is 0. The number of hydrogen-bond acceptors (Lipinski definition) is 4. The molecule has 6 heteroatoms. The van der Waals surface area contributed by atoms with Crippen LogP contribution in [-0.4, -0.2) is 27.1 Å². The molecule has 0 aliphatic heterocycles. The Bertz CT molecular complexity index is 777. The number of nitrogens with zero attached hydrogens (tertiary/aromatic N) is 3. The summed E-state index contributed by atoms with van der Waals surface area (Å²) in [6.07, 6.45) is 0. The van der Waals surface area contributed by atoms with Crippen molar-refractivity contribution in [3.8, 4) is 11.4 Å². The molecule has 1 heterocycles. The second-order valence-corrected chi connectivity index (χ2v) is 6.83. The van der Waals surface area contributed by atoms with Crippen LogP contribution < -0.4 is 4.74 Å². The van der Waals surface area contributed by atoms with E-state index in [0.717, 1.165) is 32.6 Å². The topological polar surface area (TPSA) is 39.9 Å². The van der Waals surface area contributed by atoms with Gasteiger partial charge in [-0.05, 0) is 37.3 Å². The van der Waals surface area contributed by atoms with Gasteiger partial charge in [0.25, 0.3) is 0 Å². The SMILES string of the molecule is Cc1nnc(SCCOc2cccc(Br)c2)n1-c1ccccc1. The van der Waals surface area contributed by atoms with Gasteiger partial charge in [-0.2, -0.15) is 0 Å². The minimum Gasteiger partial charge on any atom is -0.493 e. The lowest BCUT2D eigenvalue weighted by Gasteiger charge is -2.09. The van der Waals surface area contributed by atoms with E-state index in [1.54, 1.807) is 11.8 Å². The van der Waals surface area contributed by atoms with Gasteiger partial charge < -0.3 is 4.74 Å². The van der Waals surface area contributed by atoms with Crippen molar-refractivity contribution in [3.63, 3.8) is 0 Å². The van der Waals surface area contributed by atoms with Gasteiger partial charge in [0.2, 0.25) is 0 Å². The molecule has 0 atom stereocenters. The van der Waals surface area contributed by atoms with Gasteiger partial charge in [0, 0.05) is 15.9 Å². The molecule has 1 aromatic heterocycles. The van der Waals surface area contributed by atoms with Gasteiger partial charge >= 0.3 is 0 Å². The number of aromatic nitrogens is 3. The van der Waals surface area contributed by atoms with Gasteiger partial charge in [-0.1, -0.05) is 52.0 Å². The summed E-state index contributed by atoms with van der Waals surface area (Å²) in [5.41, 5.74) is 1.07. The molecule has 0 spiro atoms. The van der Waals surface area contributed by atoms with Crippen molar-refractivity contribution >= 4 is 27.7 Å². The molecule has 0 radical (unpaired) electrons. The second kappa shape index (κ2) is 7.66. The first-order valence-electron chi connectivity index (χ1n) is 7.22. The third-order valence-corrected chi connectivity index (χ3v) is 4.58. The highest BCUT2D eigenvalue weighted by atomic mass is 79.9. The van der Waals surface area contributed by atoms with Crippen LogP contribution in [0.15, 0.2) is 64.2 Å². The van der Waals surface area contributed by atoms with Crippen molar-refractivity contribution in [2.45, 2.75) is 12.1 Å². The summed E-state index contributed by atoms with van der Waals surface area (Å²) in [6, 6.07) is 18.0. The highest BCUT2D eigenvalue weighted by Crippen LogP contribution is 2.22. The van der Waals surface area contributed by atoms with E-state index in [1.807, 2.05) is 49.4 Å². The maximum Gasteiger partial charge on any atom is 0.195 e. The van der Waals surface area contributed by atoms with Crippen molar-refractivity contribution in [3.05, 3.63) is 64.9 Å².